The Kier molecular flexibility index (Phi) is 8.18. The molecule has 0 saturated carbocycles. The molecule has 0 radical (unpaired) electrons. The van der Waals surface area contributed by atoms with Crippen molar-refractivity contribution in [3.63, 3.8) is 0 Å². The molecule has 0 fully saturated rings. The number of phenolic OH excluding ortho intramolecular Hbond substituents is 1. The summed E-state index contributed by atoms with van der Waals surface area (Å²) in [4.78, 5) is 23.4. The molecule has 2 N–H and O–H groups in total. The molecule has 2 aromatic carbocycles. The van der Waals surface area contributed by atoms with Crippen LogP contribution in [0.15, 0.2) is 48.5 Å². The fraction of sp³-hybridized carbons (Fsp3) is 0.250. The van der Waals surface area contributed by atoms with E-state index in [-0.39, 0.29) is 18.1 Å². The minimum absolute atomic E-state index is 0.00485. The van der Waals surface area contributed by atoms with Gasteiger partial charge in [-0.15, -0.1) is 0 Å². The van der Waals surface area contributed by atoms with Crippen LogP contribution in [-0.2, 0) is 14.3 Å². The first-order valence-electron chi connectivity index (χ1n) is 8.55. The molecule has 0 heterocycles. The Morgan fingerprint density at radius 1 is 1.14 bits per heavy atom. The number of nitriles is 1. The standard InChI is InChI=1S/C20H20N2O5S/c21-12-14-3-7-16(8-4-14)22-20(25)27-18(2-1-11-26-19(24)13-28)15-5-9-17(23)10-6-15/h3-10,18,23,28H,1-2,11,13H2,(H,22,25)/t18-/m0/s1. The number of rotatable bonds is 8. The van der Waals surface area contributed by atoms with Crippen molar-refractivity contribution in [3.8, 4) is 11.8 Å². The van der Waals surface area contributed by atoms with E-state index in [1.807, 2.05) is 6.07 Å². The number of nitrogens with one attached hydrogen (secondary N) is 1. The Morgan fingerprint density at radius 3 is 2.43 bits per heavy atom. The van der Waals surface area contributed by atoms with Gasteiger partial charge in [0, 0.05) is 5.69 Å². The second-order valence-electron chi connectivity index (χ2n) is 5.82. The van der Waals surface area contributed by atoms with Crippen molar-refractivity contribution in [3.05, 3.63) is 59.7 Å². The summed E-state index contributed by atoms with van der Waals surface area (Å²) >= 11 is 3.84. The number of ether oxygens (including phenoxy) is 2. The van der Waals surface area contributed by atoms with Crippen molar-refractivity contribution >= 4 is 30.4 Å². The lowest BCUT2D eigenvalue weighted by Gasteiger charge is -2.19. The second kappa shape index (κ2) is 10.8. The number of aromatic hydroxyl groups is 1. The summed E-state index contributed by atoms with van der Waals surface area (Å²) in [5, 5.41) is 20.9. The molecule has 7 nitrogen and oxygen atoms in total. The number of amides is 1. The highest BCUT2D eigenvalue weighted by atomic mass is 32.1. The average molecular weight is 400 g/mol. The second-order valence-corrected chi connectivity index (χ2v) is 6.14. The number of carbonyl (C=O) groups is 2. The maximum Gasteiger partial charge on any atom is 0.412 e. The predicted molar refractivity (Wildman–Crippen MR) is 106 cm³/mol. The lowest BCUT2D eigenvalue weighted by molar-refractivity contribution is -0.140. The van der Waals surface area contributed by atoms with Gasteiger partial charge in [-0.3, -0.25) is 10.1 Å². The van der Waals surface area contributed by atoms with Crippen molar-refractivity contribution in [2.24, 2.45) is 0 Å². The molecule has 0 aliphatic rings. The first kappa shape index (κ1) is 21.1. The van der Waals surface area contributed by atoms with Gasteiger partial charge in [-0.25, -0.2) is 4.79 Å². The summed E-state index contributed by atoms with van der Waals surface area (Å²) in [5.41, 5.74) is 1.68. The van der Waals surface area contributed by atoms with Crippen molar-refractivity contribution in [2.45, 2.75) is 18.9 Å². The molecule has 0 bridgehead atoms. The van der Waals surface area contributed by atoms with Gasteiger partial charge in [-0.05, 0) is 54.8 Å². The Morgan fingerprint density at radius 2 is 1.82 bits per heavy atom. The van der Waals surface area contributed by atoms with Crippen molar-refractivity contribution in [2.75, 3.05) is 17.7 Å². The monoisotopic (exact) mass is 400 g/mol. The number of nitrogens with zero attached hydrogens (tertiary/aromatic N) is 1. The third kappa shape index (κ3) is 6.85. The predicted octanol–water partition coefficient (Wildman–Crippen LogP) is 3.81. The minimum atomic E-state index is -0.657. The Balaban J connectivity index is 1.98. The summed E-state index contributed by atoms with van der Waals surface area (Å²) < 4.78 is 10.5. The fourth-order valence-electron chi connectivity index (χ4n) is 2.39. The molecule has 0 aliphatic heterocycles. The van der Waals surface area contributed by atoms with E-state index >= 15 is 0 Å². The van der Waals surface area contributed by atoms with Gasteiger partial charge in [0.1, 0.15) is 11.9 Å². The molecule has 0 saturated heterocycles. The van der Waals surface area contributed by atoms with Crippen molar-refractivity contribution < 1.29 is 24.2 Å². The molecule has 8 heteroatoms. The van der Waals surface area contributed by atoms with Gasteiger partial charge in [-0.2, -0.15) is 17.9 Å². The van der Waals surface area contributed by atoms with E-state index < -0.39 is 18.2 Å². The number of phenols is 1. The zero-order valence-electron chi connectivity index (χ0n) is 15.0. The Bertz CT molecular complexity index is 831. The summed E-state index contributed by atoms with van der Waals surface area (Å²) in [6.07, 6.45) is -0.343. The number of esters is 1. The number of benzene rings is 2. The highest BCUT2D eigenvalue weighted by molar-refractivity contribution is 7.81. The zero-order chi connectivity index (χ0) is 20.4. The van der Waals surface area contributed by atoms with Crippen LogP contribution in [-0.4, -0.2) is 29.5 Å². The first-order valence-corrected chi connectivity index (χ1v) is 9.18. The van der Waals surface area contributed by atoms with E-state index in [2.05, 4.69) is 17.9 Å². The van der Waals surface area contributed by atoms with E-state index in [4.69, 9.17) is 14.7 Å². The molecule has 28 heavy (non-hydrogen) atoms. The van der Waals surface area contributed by atoms with E-state index in [0.29, 0.717) is 29.7 Å². The lowest BCUT2D eigenvalue weighted by atomic mass is 10.0. The van der Waals surface area contributed by atoms with Crippen LogP contribution in [0, 0.1) is 11.3 Å². The van der Waals surface area contributed by atoms with Crippen LogP contribution in [0.3, 0.4) is 0 Å². The molecule has 0 aromatic heterocycles. The van der Waals surface area contributed by atoms with Crippen LogP contribution in [0.2, 0.25) is 0 Å². The molecular formula is C20H20N2O5S. The number of hydrogen-bond acceptors (Lipinski definition) is 7. The average Bonchev–Trinajstić information content (AvgIpc) is 2.71. The summed E-state index contributed by atoms with van der Waals surface area (Å²) in [6.45, 7) is 0.189. The lowest BCUT2D eigenvalue weighted by Crippen LogP contribution is -2.18. The normalized spacial score (nSPS) is 11.1. The largest absolute Gasteiger partial charge is 0.508 e. The fourth-order valence-corrected chi connectivity index (χ4v) is 2.48. The summed E-state index contributed by atoms with van der Waals surface area (Å²) in [6, 6.07) is 14.7. The molecule has 0 aliphatic carbocycles. The van der Waals surface area contributed by atoms with Gasteiger partial charge in [0.2, 0.25) is 0 Å². The molecule has 2 aromatic rings. The van der Waals surface area contributed by atoms with Crippen molar-refractivity contribution in [1.29, 1.82) is 5.26 Å². The SMILES string of the molecule is N#Cc1ccc(NC(=O)O[C@@H](CCCOC(=O)CS)c2ccc(O)cc2)cc1. The maximum absolute atomic E-state index is 12.3. The maximum atomic E-state index is 12.3. The van der Waals surface area contributed by atoms with E-state index in [1.165, 1.54) is 12.1 Å². The summed E-state index contributed by atoms with van der Waals surface area (Å²) in [5.74, 6) is -0.304. The van der Waals surface area contributed by atoms with Gasteiger partial charge >= 0.3 is 12.1 Å². The van der Waals surface area contributed by atoms with E-state index in [0.717, 1.165) is 0 Å². The number of carbonyl (C=O) groups excluding carboxylic acids is 2. The minimum Gasteiger partial charge on any atom is -0.508 e. The molecule has 1 atom stereocenters. The topological polar surface area (TPSA) is 109 Å². The molecule has 2 rings (SSSR count). The highest BCUT2D eigenvalue weighted by Gasteiger charge is 2.17. The van der Waals surface area contributed by atoms with Gasteiger partial charge in [-0.1, -0.05) is 12.1 Å². The Hall–Kier alpha value is -3.18. The van der Waals surface area contributed by atoms with E-state index in [1.54, 1.807) is 36.4 Å². The third-order valence-electron chi connectivity index (χ3n) is 3.78. The van der Waals surface area contributed by atoms with Gasteiger partial charge < -0.3 is 14.6 Å². The number of hydrogen-bond donors (Lipinski definition) is 3. The highest BCUT2D eigenvalue weighted by Crippen LogP contribution is 2.25. The molecular weight excluding hydrogens is 380 g/mol. The molecule has 1 amide bonds. The van der Waals surface area contributed by atoms with Gasteiger partial charge in [0.25, 0.3) is 0 Å². The third-order valence-corrected chi connectivity index (χ3v) is 4.04. The van der Waals surface area contributed by atoms with Crippen LogP contribution in [0.5, 0.6) is 5.75 Å². The quantitative estimate of drug-likeness (QED) is 0.353. The number of thiol groups is 1. The molecule has 0 unspecified atom stereocenters. The first-order chi connectivity index (χ1) is 13.5. The van der Waals surface area contributed by atoms with Crippen molar-refractivity contribution in [1.82, 2.24) is 0 Å². The van der Waals surface area contributed by atoms with Crippen LogP contribution < -0.4 is 5.32 Å². The van der Waals surface area contributed by atoms with E-state index in [9.17, 15) is 14.7 Å². The van der Waals surface area contributed by atoms with Gasteiger partial charge in [0.05, 0.1) is 24.0 Å². The number of anilines is 1. The van der Waals surface area contributed by atoms with Gasteiger partial charge in [0.15, 0.2) is 0 Å². The summed E-state index contributed by atoms with van der Waals surface area (Å²) in [7, 11) is 0. The van der Waals surface area contributed by atoms with Crippen LogP contribution in [0.4, 0.5) is 10.5 Å². The smallest absolute Gasteiger partial charge is 0.412 e. The van der Waals surface area contributed by atoms with Crippen LogP contribution >= 0.6 is 12.6 Å². The molecule has 146 valence electrons. The Labute approximate surface area is 168 Å². The molecule has 0 spiro atoms. The van der Waals surface area contributed by atoms with Crippen LogP contribution in [0.25, 0.3) is 0 Å². The van der Waals surface area contributed by atoms with Crippen LogP contribution in [0.1, 0.15) is 30.1 Å². The zero-order valence-corrected chi connectivity index (χ0v) is 15.9.